The topological polar surface area (TPSA) is 51.0 Å². The molecule has 7 heteroatoms. The molecule has 1 atom stereocenters. The van der Waals surface area contributed by atoms with Crippen LogP contribution in [0.2, 0.25) is 0 Å². The lowest BCUT2D eigenvalue weighted by atomic mass is 10.1. The van der Waals surface area contributed by atoms with Crippen LogP contribution in [0.5, 0.6) is 0 Å². The number of nitrogens with zero attached hydrogens (tertiary/aromatic N) is 4. The number of hydrogen-bond acceptors (Lipinski definition) is 3. The molecule has 1 fully saturated rings. The summed E-state index contributed by atoms with van der Waals surface area (Å²) in [6.45, 7) is 0.917. The number of pyridine rings is 1. The van der Waals surface area contributed by atoms with E-state index in [-0.39, 0.29) is 11.5 Å². The average Bonchev–Trinajstić information content (AvgIpc) is 3.22. The first-order valence-corrected chi connectivity index (χ1v) is 8.05. The molecule has 0 unspecified atom stereocenters. The zero-order chi connectivity index (χ0) is 17.6. The van der Waals surface area contributed by atoms with E-state index >= 15 is 0 Å². The lowest BCUT2D eigenvalue weighted by Crippen LogP contribution is -2.29. The normalized spacial score (nSPS) is 17.4. The predicted octanol–water partition coefficient (Wildman–Crippen LogP) is 2.88. The molecule has 0 saturated carbocycles. The van der Waals surface area contributed by atoms with Gasteiger partial charge in [0, 0.05) is 32.3 Å². The first-order chi connectivity index (χ1) is 12.0. The number of benzene rings is 1. The highest BCUT2D eigenvalue weighted by atomic mass is 19.1. The highest BCUT2D eigenvalue weighted by molar-refractivity contribution is 5.94. The minimum Gasteiger partial charge on any atom is -0.338 e. The first-order valence-electron chi connectivity index (χ1n) is 8.05. The third kappa shape index (κ3) is 2.65. The quantitative estimate of drug-likeness (QED) is 0.720. The van der Waals surface area contributed by atoms with Gasteiger partial charge in [0.2, 0.25) is 0 Å². The largest absolute Gasteiger partial charge is 0.338 e. The Balaban J connectivity index is 1.59. The van der Waals surface area contributed by atoms with Crippen LogP contribution in [0.25, 0.3) is 11.0 Å². The van der Waals surface area contributed by atoms with Gasteiger partial charge in [-0.15, -0.1) is 0 Å². The van der Waals surface area contributed by atoms with Gasteiger partial charge in [-0.25, -0.2) is 13.8 Å². The third-order valence-corrected chi connectivity index (χ3v) is 4.72. The second-order valence-corrected chi connectivity index (χ2v) is 6.25. The Labute approximate surface area is 142 Å². The molecule has 0 radical (unpaired) electrons. The number of rotatable bonds is 2. The van der Waals surface area contributed by atoms with E-state index in [1.54, 1.807) is 17.3 Å². The van der Waals surface area contributed by atoms with Crippen LogP contribution >= 0.6 is 0 Å². The molecule has 1 aliphatic heterocycles. The molecule has 0 bridgehead atoms. The van der Waals surface area contributed by atoms with E-state index in [9.17, 15) is 13.6 Å². The van der Waals surface area contributed by atoms with Crippen molar-refractivity contribution in [1.29, 1.82) is 0 Å². The molecule has 128 valence electrons. The van der Waals surface area contributed by atoms with Gasteiger partial charge >= 0.3 is 0 Å². The maximum Gasteiger partial charge on any atom is 0.256 e. The van der Waals surface area contributed by atoms with Crippen molar-refractivity contribution >= 4 is 16.9 Å². The summed E-state index contributed by atoms with van der Waals surface area (Å²) in [5.74, 6) is -0.886. The van der Waals surface area contributed by atoms with Crippen LogP contribution in [0.4, 0.5) is 8.78 Å². The smallest absolute Gasteiger partial charge is 0.256 e. The molecule has 4 rings (SSSR count). The fourth-order valence-corrected chi connectivity index (χ4v) is 3.41. The minimum atomic E-state index is -0.705. The summed E-state index contributed by atoms with van der Waals surface area (Å²) < 4.78 is 29.2. The van der Waals surface area contributed by atoms with E-state index in [1.807, 2.05) is 17.7 Å². The van der Waals surface area contributed by atoms with E-state index in [4.69, 9.17) is 0 Å². The van der Waals surface area contributed by atoms with Crippen molar-refractivity contribution in [3.8, 4) is 0 Å². The fraction of sp³-hybridized carbons (Fsp3) is 0.278. The van der Waals surface area contributed by atoms with E-state index in [2.05, 4.69) is 9.97 Å². The summed E-state index contributed by atoms with van der Waals surface area (Å²) >= 11 is 0. The highest BCUT2D eigenvalue weighted by Gasteiger charge is 2.32. The summed E-state index contributed by atoms with van der Waals surface area (Å²) in [5, 5.41) is 0. The molecule has 25 heavy (non-hydrogen) atoms. The van der Waals surface area contributed by atoms with E-state index in [0.29, 0.717) is 13.1 Å². The second kappa shape index (κ2) is 5.91. The first kappa shape index (κ1) is 15.7. The van der Waals surface area contributed by atoms with E-state index in [1.165, 1.54) is 0 Å². The zero-order valence-electron chi connectivity index (χ0n) is 13.6. The highest BCUT2D eigenvalue weighted by Crippen LogP contribution is 2.29. The number of aryl methyl sites for hydroxylation is 1. The standard InChI is InChI=1S/C18H16F2N4O/c1-23-16-9-21-6-4-15(16)22-17(23)11-5-7-24(10-11)18(25)13-8-12(19)2-3-14(13)20/h2-4,6,8-9,11H,5,7,10H2,1H3/t11-/m0/s1. The Hall–Kier alpha value is -2.83. The predicted molar refractivity (Wildman–Crippen MR) is 88.1 cm³/mol. The molecule has 1 aliphatic rings. The molecule has 3 heterocycles. The van der Waals surface area contributed by atoms with Crippen molar-refractivity contribution in [3.05, 3.63) is 59.7 Å². The van der Waals surface area contributed by atoms with E-state index in [0.717, 1.165) is 41.5 Å². The van der Waals surface area contributed by atoms with Crippen LogP contribution in [0.15, 0.2) is 36.7 Å². The number of fused-ring (bicyclic) bond motifs is 1. The Morgan fingerprint density at radius 1 is 1.28 bits per heavy atom. The SMILES string of the molecule is Cn1c([C@H]2CCN(C(=O)c3cc(F)ccc3F)C2)nc2ccncc21. The van der Waals surface area contributed by atoms with Crippen molar-refractivity contribution < 1.29 is 13.6 Å². The Morgan fingerprint density at radius 2 is 2.12 bits per heavy atom. The van der Waals surface area contributed by atoms with Gasteiger partial charge in [0.25, 0.3) is 5.91 Å². The molecule has 1 aromatic carbocycles. The van der Waals surface area contributed by atoms with Crippen LogP contribution in [-0.4, -0.2) is 38.4 Å². The van der Waals surface area contributed by atoms with Gasteiger partial charge in [-0.3, -0.25) is 9.78 Å². The van der Waals surface area contributed by atoms with Gasteiger partial charge in [-0.1, -0.05) is 0 Å². The lowest BCUT2D eigenvalue weighted by molar-refractivity contribution is 0.0785. The Bertz CT molecular complexity index is 969. The Morgan fingerprint density at radius 3 is 2.92 bits per heavy atom. The summed E-state index contributed by atoms with van der Waals surface area (Å²) in [6, 6.07) is 4.78. The molecular weight excluding hydrogens is 326 g/mol. The Kier molecular flexibility index (Phi) is 3.71. The van der Waals surface area contributed by atoms with Crippen molar-refractivity contribution in [3.63, 3.8) is 0 Å². The average molecular weight is 342 g/mol. The number of carbonyl (C=O) groups excluding carboxylic acids is 1. The number of hydrogen-bond donors (Lipinski definition) is 0. The van der Waals surface area contributed by atoms with Crippen molar-refractivity contribution in [2.24, 2.45) is 7.05 Å². The van der Waals surface area contributed by atoms with Crippen LogP contribution in [0, 0.1) is 11.6 Å². The number of imidazole rings is 1. The lowest BCUT2D eigenvalue weighted by Gasteiger charge is -2.17. The summed E-state index contributed by atoms with van der Waals surface area (Å²) in [4.78, 5) is 22.8. The maximum atomic E-state index is 13.9. The number of likely N-dealkylation sites (tertiary alicyclic amines) is 1. The van der Waals surface area contributed by atoms with Crippen molar-refractivity contribution in [2.75, 3.05) is 13.1 Å². The zero-order valence-corrected chi connectivity index (χ0v) is 13.6. The van der Waals surface area contributed by atoms with Gasteiger partial charge in [0.15, 0.2) is 0 Å². The molecule has 0 aliphatic carbocycles. The molecule has 1 saturated heterocycles. The molecule has 0 spiro atoms. The van der Waals surface area contributed by atoms with Crippen molar-refractivity contribution in [1.82, 2.24) is 19.4 Å². The van der Waals surface area contributed by atoms with Crippen LogP contribution in [0.3, 0.4) is 0 Å². The monoisotopic (exact) mass is 342 g/mol. The molecule has 5 nitrogen and oxygen atoms in total. The minimum absolute atomic E-state index is 0.0537. The van der Waals surface area contributed by atoms with Gasteiger partial charge in [0.05, 0.1) is 22.8 Å². The van der Waals surface area contributed by atoms with Crippen LogP contribution < -0.4 is 0 Å². The number of amides is 1. The van der Waals surface area contributed by atoms with Gasteiger partial charge in [-0.05, 0) is 30.7 Å². The number of aromatic nitrogens is 3. The summed E-state index contributed by atoms with van der Waals surface area (Å²) in [5.41, 5.74) is 1.56. The number of carbonyl (C=O) groups is 1. The van der Waals surface area contributed by atoms with Crippen molar-refractivity contribution in [2.45, 2.75) is 12.3 Å². The number of halogens is 2. The molecule has 1 amide bonds. The summed E-state index contributed by atoms with van der Waals surface area (Å²) in [7, 11) is 1.92. The van der Waals surface area contributed by atoms with Crippen LogP contribution in [0.1, 0.15) is 28.5 Å². The third-order valence-electron chi connectivity index (χ3n) is 4.72. The molecule has 3 aromatic rings. The summed E-state index contributed by atoms with van der Waals surface area (Å²) in [6.07, 6.45) is 4.18. The van der Waals surface area contributed by atoms with Gasteiger partial charge in [0.1, 0.15) is 17.5 Å². The maximum absolute atomic E-state index is 13.9. The molecular formula is C18H16F2N4O. The van der Waals surface area contributed by atoms with Gasteiger partial charge in [-0.2, -0.15) is 0 Å². The van der Waals surface area contributed by atoms with E-state index < -0.39 is 17.5 Å². The van der Waals surface area contributed by atoms with Crippen LogP contribution in [-0.2, 0) is 7.05 Å². The fourth-order valence-electron chi connectivity index (χ4n) is 3.41. The second-order valence-electron chi connectivity index (χ2n) is 6.25. The molecule has 2 aromatic heterocycles. The molecule has 0 N–H and O–H groups in total. The van der Waals surface area contributed by atoms with Gasteiger partial charge < -0.3 is 9.47 Å².